The van der Waals surface area contributed by atoms with E-state index < -0.39 is 0 Å². The van der Waals surface area contributed by atoms with Crippen molar-refractivity contribution < 1.29 is 9.80 Å². The smallest absolute Gasteiger partial charge is 0.127 e. The van der Waals surface area contributed by atoms with Gasteiger partial charge in [0.15, 0.2) is 0 Å². The zero-order valence-electron chi connectivity index (χ0n) is 12.6. The van der Waals surface area contributed by atoms with Gasteiger partial charge in [0, 0.05) is 20.6 Å². The molecule has 0 aliphatic carbocycles. The number of benzene rings is 2. The molecule has 3 rings (SSSR count). The summed E-state index contributed by atoms with van der Waals surface area (Å²) in [7, 11) is 0. The van der Waals surface area contributed by atoms with Crippen LogP contribution in [0.3, 0.4) is 0 Å². The van der Waals surface area contributed by atoms with Crippen molar-refractivity contribution >= 4 is 27.5 Å². The Morgan fingerprint density at radius 3 is 1.91 bits per heavy atom. The predicted octanol–water partition coefficient (Wildman–Crippen LogP) is 1.59. The molecule has 0 spiro atoms. The lowest BCUT2D eigenvalue weighted by molar-refractivity contribution is -1.02. The molecule has 0 atom stereocenters. The minimum absolute atomic E-state index is 0.843. The molecule has 2 aromatic carbocycles. The summed E-state index contributed by atoms with van der Waals surface area (Å²) in [6, 6.07) is 16.9. The quantitative estimate of drug-likeness (QED) is 0.796. The summed E-state index contributed by atoms with van der Waals surface area (Å²) in [5.41, 5.74) is 2.76. The van der Waals surface area contributed by atoms with Crippen molar-refractivity contribution in [3.63, 3.8) is 0 Å². The zero-order chi connectivity index (χ0) is 15.4. The van der Waals surface area contributed by atoms with E-state index in [0.717, 1.165) is 18.1 Å². The van der Waals surface area contributed by atoms with E-state index >= 15 is 0 Å². The third-order valence-corrected chi connectivity index (χ3v) is 5.08. The molecular formula is C18H22BrClN2+2. The Morgan fingerprint density at radius 2 is 1.36 bits per heavy atom. The highest BCUT2D eigenvalue weighted by Crippen LogP contribution is 2.11. The minimum atomic E-state index is 0.843. The Hall–Kier alpha value is -0.870. The second kappa shape index (κ2) is 7.60. The number of hydrogen-bond donors (Lipinski definition) is 2. The Kier molecular flexibility index (Phi) is 5.53. The van der Waals surface area contributed by atoms with Crippen LogP contribution in [-0.4, -0.2) is 26.2 Å². The second-order valence-corrected chi connectivity index (χ2v) is 7.47. The van der Waals surface area contributed by atoms with Gasteiger partial charge in [-0.05, 0) is 24.3 Å². The van der Waals surface area contributed by atoms with Crippen molar-refractivity contribution in [3.8, 4) is 0 Å². The summed E-state index contributed by atoms with van der Waals surface area (Å²) in [4.78, 5) is 3.35. The molecule has 2 aromatic rings. The average Bonchev–Trinajstić information content (AvgIpc) is 2.49. The first-order valence-electron chi connectivity index (χ1n) is 7.85. The average molecular weight is 382 g/mol. The molecule has 0 amide bonds. The third-order valence-electron chi connectivity index (χ3n) is 4.35. The fraction of sp³-hybridized carbons (Fsp3) is 0.333. The highest BCUT2D eigenvalue weighted by atomic mass is 79.9. The van der Waals surface area contributed by atoms with Gasteiger partial charge >= 0.3 is 0 Å². The molecule has 0 radical (unpaired) electrons. The first kappa shape index (κ1) is 16.0. The number of nitrogens with one attached hydrogen (secondary N) is 2. The van der Waals surface area contributed by atoms with Gasteiger partial charge in [0.2, 0.25) is 0 Å². The fourth-order valence-electron chi connectivity index (χ4n) is 3.18. The SMILES string of the molecule is Clc1cccc(C[NH+]2CC[NH+](Cc3cccc(Br)c3)CC2)c1. The van der Waals surface area contributed by atoms with Crippen LogP contribution in [0.2, 0.25) is 5.02 Å². The molecule has 2 nitrogen and oxygen atoms in total. The van der Waals surface area contributed by atoms with E-state index in [1.54, 1.807) is 9.80 Å². The zero-order valence-corrected chi connectivity index (χ0v) is 15.0. The van der Waals surface area contributed by atoms with E-state index in [0.29, 0.717) is 0 Å². The van der Waals surface area contributed by atoms with Crippen molar-refractivity contribution in [2.24, 2.45) is 0 Å². The van der Waals surface area contributed by atoms with Gasteiger partial charge in [0.1, 0.15) is 39.3 Å². The molecule has 0 aromatic heterocycles. The van der Waals surface area contributed by atoms with Crippen LogP contribution in [0.1, 0.15) is 11.1 Å². The van der Waals surface area contributed by atoms with Gasteiger partial charge in [-0.25, -0.2) is 0 Å². The van der Waals surface area contributed by atoms with Gasteiger partial charge in [-0.15, -0.1) is 0 Å². The molecule has 1 heterocycles. The summed E-state index contributed by atoms with van der Waals surface area (Å²) < 4.78 is 1.18. The van der Waals surface area contributed by atoms with Crippen molar-refractivity contribution in [3.05, 3.63) is 69.2 Å². The maximum Gasteiger partial charge on any atom is 0.127 e. The van der Waals surface area contributed by atoms with E-state index in [1.807, 2.05) is 12.1 Å². The highest BCUT2D eigenvalue weighted by Gasteiger charge is 2.23. The van der Waals surface area contributed by atoms with E-state index in [9.17, 15) is 0 Å². The van der Waals surface area contributed by atoms with Crippen LogP contribution in [0.15, 0.2) is 53.0 Å². The number of halogens is 2. The Morgan fingerprint density at radius 1 is 0.818 bits per heavy atom. The van der Waals surface area contributed by atoms with Gasteiger partial charge in [-0.3, -0.25) is 0 Å². The molecule has 4 heteroatoms. The monoisotopic (exact) mass is 380 g/mol. The normalized spacial score (nSPS) is 21.7. The topological polar surface area (TPSA) is 8.88 Å². The van der Waals surface area contributed by atoms with Crippen molar-refractivity contribution in [2.75, 3.05) is 26.2 Å². The van der Waals surface area contributed by atoms with Gasteiger partial charge in [0.05, 0.1) is 0 Å². The van der Waals surface area contributed by atoms with Gasteiger partial charge in [-0.2, -0.15) is 0 Å². The van der Waals surface area contributed by atoms with Crippen LogP contribution >= 0.6 is 27.5 Å². The minimum Gasteiger partial charge on any atom is -0.322 e. The van der Waals surface area contributed by atoms with Crippen LogP contribution in [0.25, 0.3) is 0 Å². The van der Waals surface area contributed by atoms with E-state index in [1.165, 1.54) is 41.8 Å². The third kappa shape index (κ3) is 4.56. The lowest BCUT2D eigenvalue weighted by atomic mass is 10.1. The van der Waals surface area contributed by atoms with Crippen LogP contribution in [0.4, 0.5) is 0 Å². The molecular weight excluding hydrogens is 360 g/mol. The van der Waals surface area contributed by atoms with E-state index in [-0.39, 0.29) is 0 Å². The summed E-state index contributed by atoms with van der Waals surface area (Å²) >= 11 is 9.63. The predicted molar refractivity (Wildman–Crippen MR) is 94.4 cm³/mol. The standard InChI is InChI=1S/C18H20BrClN2/c19-17-5-1-3-15(11-17)13-21-7-9-22(10-8-21)14-16-4-2-6-18(20)12-16/h1-6,11-12H,7-10,13-14H2/p+2. The Balaban J connectivity index is 1.50. The van der Waals surface area contributed by atoms with Crippen LogP contribution < -0.4 is 9.80 Å². The fourth-order valence-corrected chi connectivity index (χ4v) is 3.84. The largest absolute Gasteiger partial charge is 0.322 e. The van der Waals surface area contributed by atoms with Crippen LogP contribution in [0, 0.1) is 0 Å². The van der Waals surface area contributed by atoms with Crippen LogP contribution in [0.5, 0.6) is 0 Å². The van der Waals surface area contributed by atoms with E-state index in [4.69, 9.17) is 11.6 Å². The summed E-state index contributed by atoms with van der Waals surface area (Å²) in [5, 5.41) is 0.843. The van der Waals surface area contributed by atoms with Crippen molar-refractivity contribution in [1.82, 2.24) is 0 Å². The summed E-state index contributed by atoms with van der Waals surface area (Å²) in [6.07, 6.45) is 0. The van der Waals surface area contributed by atoms with Crippen molar-refractivity contribution in [2.45, 2.75) is 13.1 Å². The number of piperazine rings is 1. The molecule has 116 valence electrons. The molecule has 22 heavy (non-hydrogen) atoms. The van der Waals surface area contributed by atoms with Crippen molar-refractivity contribution in [1.29, 1.82) is 0 Å². The molecule has 0 saturated carbocycles. The number of hydrogen-bond acceptors (Lipinski definition) is 0. The molecule has 1 saturated heterocycles. The molecule has 0 bridgehead atoms. The first-order valence-corrected chi connectivity index (χ1v) is 9.02. The molecule has 1 aliphatic rings. The Labute approximate surface area is 145 Å². The van der Waals surface area contributed by atoms with Crippen LogP contribution in [-0.2, 0) is 13.1 Å². The lowest BCUT2D eigenvalue weighted by Gasteiger charge is -2.29. The van der Waals surface area contributed by atoms with Gasteiger partial charge in [-0.1, -0.05) is 51.8 Å². The molecule has 0 unspecified atom stereocenters. The number of rotatable bonds is 4. The molecule has 1 aliphatic heterocycles. The maximum absolute atomic E-state index is 6.07. The lowest BCUT2D eigenvalue weighted by Crippen LogP contribution is -3.27. The molecule has 1 fully saturated rings. The first-order chi connectivity index (χ1) is 10.7. The summed E-state index contributed by atoms with van der Waals surface area (Å²) in [6.45, 7) is 7.16. The molecule has 2 N–H and O–H groups in total. The summed E-state index contributed by atoms with van der Waals surface area (Å²) in [5.74, 6) is 0. The second-order valence-electron chi connectivity index (χ2n) is 6.11. The number of quaternary nitrogens is 2. The Bertz CT molecular complexity index is 568. The van der Waals surface area contributed by atoms with Gasteiger partial charge < -0.3 is 9.80 Å². The maximum atomic E-state index is 6.07. The van der Waals surface area contributed by atoms with E-state index in [2.05, 4.69) is 52.3 Å². The highest BCUT2D eigenvalue weighted by molar-refractivity contribution is 9.10. The van der Waals surface area contributed by atoms with Gasteiger partial charge in [0.25, 0.3) is 0 Å².